The first-order valence-corrected chi connectivity index (χ1v) is 7.98. The fourth-order valence-electron chi connectivity index (χ4n) is 2.96. The van der Waals surface area contributed by atoms with E-state index in [-0.39, 0.29) is 0 Å². The molecule has 2 aromatic rings. The Kier molecular flexibility index (Phi) is 3.72. The first-order valence-electron chi connectivity index (χ1n) is 7.17. The summed E-state index contributed by atoms with van der Waals surface area (Å²) in [6.45, 7) is 5.53. The van der Waals surface area contributed by atoms with Gasteiger partial charge in [-0.3, -0.25) is 0 Å². The largest absolute Gasteiger partial charge is 0.309 e. The molecule has 0 amide bonds. The third-order valence-corrected chi connectivity index (χ3v) is 5.06. The molecule has 0 spiro atoms. The quantitative estimate of drug-likeness (QED) is 0.848. The highest BCUT2D eigenvalue weighted by Crippen LogP contribution is 2.44. The van der Waals surface area contributed by atoms with E-state index in [1.807, 2.05) is 11.3 Å². The molecule has 100 valence electrons. The highest BCUT2D eigenvalue weighted by Gasteiger charge is 2.33. The van der Waals surface area contributed by atoms with Gasteiger partial charge in [0.1, 0.15) is 0 Å². The lowest BCUT2D eigenvalue weighted by atomic mass is 9.73. The van der Waals surface area contributed by atoms with Crippen molar-refractivity contribution in [3.8, 4) is 0 Å². The van der Waals surface area contributed by atoms with Gasteiger partial charge in [-0.1, -0.05) is 31.2 Å². The van der Waals surface area contributed by atoms with E-state index in [9.17, 15) is 0 Å². The zero-order valence-electron chi connectivity index (χ0n) is 11.6. The van der Waals surface area contributed by atoms with E-state index in [0.717, 1.165) is 6.54 Å². The summed E-state index contributed by atoms with van der Waals surface area (Å²) in [6, 6.07) is 13.9. The minimum absolute atomic E-state index is 0.494. The summed E-state index contributed by atoms with van der Waals surface area (Å²) >= 11 is 1.94. The van der Waals surface area contributed by atoms with Crippen molar-refractivity contribution < 1.29 is 0 Å². The molecule has 2 atom stereocenters. The molecule has 1 N–H and O–H groups in total. The number of thiophene rings is 1. The third-order valence-electron chi connectivity index (χ3n) is 3.98. The van der Waals surface area contributed by atoms with Gasteiger partial charge in [-0.15, -0.1) is 11.3 Å². The number of hydrogen-bond donors (Lipinski definition) is 1. The van der Waals surface area contributed by atoms with Crippen LogP contribution < -0.4 is 5.32 Å². The van der Waals surface area contributed by atoms with E-state index in [4.69, 9.17) is 0 Å². The van der Waals surface area contributed by atoms with Crippen LogP contribution in [0.2, 0.25) is 0 Å². The predicted molar refractivity (Wildman–Crippen MR) is 83.0 cm³/mol. The minimum Gasteiger partial charge on any atom is -0.309 e. The van der Waals surface area contributed by atoms with Crippen LogP contribution in [0.25, 0.3) is 0 Å². The Morgan fingerprint density at radius 2 is 2.11 bits per heavy atom. The van der Waals surface area contributed by atoms with Gasteiger partial charge in [0.15, 0.2) is 0 Å². The molecule has 1 aromatic carbocycles. The highest BCUT2D eigenvalue weighted by atomic mass is 32.1. The molecule has 2 unspecified atom stereocenters. The second-order valence-corrected chi connectivity index (χ2v) is 6.71. The van der Waals surface area contributed by atoms with Crippen LogP contribution in [-0.2, 0) is 6.42 Å². The lowest BCUT2D eigenvalue weighted by Gasteiger charge is -2.36. The number of hydrogen-bond acceptors (Lipinski definition) is 2. The molecule has 0 bridgehead atoms. The number of fused-ring (bicyclic) bond motifs is 1. The van der Waals surface area contributed by atoms with Crippen LogP contribution in [0.3, 0.4) is 0 Å². The molecule has 0 saturated carbocycles. The molecule has 1 nitrogen and oxygen atoms in total. The van der Waals surface area contributed by atoms with Gasteiger partial charge in [0.25, 0.3) is 0 Å². The smallest absolute Gasteiger partial charge is 0.0487 e. The summed E-state index contributed by atoms with van der Waals surface area (Å²) in [5, 5.41) is 3.75. The van der Waals surface area contributed by atoms with Crippen molar-refractivity contribution >= 4 is 11.3 Å². The molecule has 3 rings (SSSR count). The summed E-state index contributed by atoms with van der Waals surface area (Å²) in [5.74, 6) is 0.654. The Morgan fingerprint density at radius 1 is 1.26 bits per heavy atom. The lowest BCUT2D eigenvalue weighted by molar-refractivity contribution is 0.417. The van der Waals surface area contributed by atoms with Crippen molar-refractivity contribution in [3.05, 3.63) is 57.3 Å². The van der Waals surface area contributed by atoms with Crippen molar-refractivity contribution in [2.45, 2.75) is 38.6 Å². The summed E-state index contributed by atoms with van der Waals surface area (Å²) in [7, 11) is 0. The molecule has 1 heterocycles. The van der Waals surface area contributed by atoms with Crippen LogP contribution in [0.4, 0.5) is 0 Å². The van der Waals surface area contributed by atoms with Gasteiger partial charge >= 0.3 is 0 Å². The van der Waals surface area contributed by atoms with Gasteiger partial charge in [-0.2, -0.15) is 0 Å². The van der Waals surface area contributed by atoms with Crippen molar-refractivity contribution in [1.29, 1.82) is 0 Å². The van der Waals surface area contributed by atoms with Crippen molar-refractivity contribution in [1.82, 2.24) is 5.32 Å². The van der Waals surface area contributed by atoms with Gasteiger partial charge < -0.3 is 5.32 Å². The topological polar surface area (TPSA) is 12.0 Å². The van der Waals surface area contributed by atoms with E-state index >= 15 is 0 Å². The Morgan fingerprint density at radius 3 is 2.79 bits per heavy atom. The predicted octanol–water partition coefficient (Wildman–Crippen LogP) is 4.44. The molecule has 1 aliphatic rings. The summed E-state index contributed by atoms with van der Waals surface area (Å²) in [6.07, 6.45) is 2.41. The third kappa shape index (κ3) is 2.47. The monoisotopic (exact) mass is 271 g/mol. The second kappa shape index (κ2) is 5.48. The van der Waals surface area contributed by atoms with Crippen molar-refractivity contribution in [2.75, 3.05) is 6.54 Å². The Hall–Kier alpha value is -1.12. The SMILES string of the molecule is CCCNC(c1ccc(C)s1)C1Cc2ccccc21. The molecular weight excluding hydrogens is 250 g/mol. The van der Waals surface area contributed by atoms with Crippen LogP contribution in [0.5, 0.6) is 0 Å². The summed E-state index contributed by atoms with van der Waals surface area (Å²) in [4.78, 5) is 2.90. The molecule has 0 aliphatic heterocycles. The summed E-state index contributed by atoms with van der Waals surface area (Å²) < 4.78 is 0. The molecule has 0 radical (unpaired) electrons. The maximum Gasteiger partial charge on any atom is 0.0487 e. The first kappa shape index (κ1) is 12.9. The van der Waals surface area contributed by atoms with Crippen LogP contribution in [0.15, 0.2) is 36.4 Å². The average molecular weight is 271 g/mol. The molecule has 1 aliphatic carbocycles. The van der Waals surface area contributed by atoms with E-state index in [1.54, 1.807) is 5.56 Å². The summed E-state index contributed by atoms with van der Waals surface area (Å²) in [5.41, 5.74) is 3.08. The Labute approximate surface area is 119 Å². The average Bonchev–Trinajstić information content (AvgIpc) is 2.81. The molecule has 19 heavy (non-hydrogen) atoms. The highest BCUT2D eigenvalue weighted by molar-refractivity contribution is 7.12. The normalized spacial score (nSPS) is 18.7. The Balaban J connectivity index is 1.85. The second-order valence-electron chi connectivity index (χ2n) is 5.39. The van der Waals surface area contributed by atoms with Gasteiger partial charge in [0, 0.05) is 21.7 Å². The fourth-order valence-corrected chi connectivity index (χ4v) is 3.98. The number of nitrogens with one attached hydrogen (secondary N) is 1. The number of benzene rings is 1. The Bertz CT molecular complexity index is 558. The fraction of sp³-hybridized carbons (Fsp3) is 0.412. The molecule has 1 aromatic heterocycles. The van der Waals surface area contributed by atoms with Gasteiger partial charge in [-0.05, 0) is 49.6 Å². The molecular formula is C17H21NS. The van der Waals surface area contributed by atoms with Gasteiger partial charge in [-0.25, -0.2) is 0 Å². The van der Waals surface area contributed by atoms with Crippen LogP contribution >= 0.6 is 11.3 Å². The molecule has 0 fully saturated rings. The zero-order chi connectivity index (χ0) is 13.2. The van der Waals surface area contributed by atoms with Crippen LogP contribution in [0.1, 0.15) is 46.2 Å². The maximum atomic E-state index is 3.75. The van der Waals surface area contributed by atoms with E-state index in [2.05, 4.69) is 55.6 Å². The lowest BCUT2D eigenvalue weighted by Crippen LogP contribution is -2.33. The van der Waals surface area contributed by atoms with Crippen molar-refractivity contribution in [3.63, 3.8) is 0 Å². The first-order chi connectivity index (χ1) is 9.29. The van der Waals surface area contributed by atoms with Crippen LogP contribution in [-0.4, -0.2) is 6.54 Å². The van der Waals surface area contributed by atoms with Crippen LogP contribution in [0, 0.1) is 6.92 Å². The maximum absolute atomic E-state index is 3.75. The molecule has 2 heteroatoms. The minimum atomic E-state index is 0.494. The molecule has 0 saturated heterocycles. The van der Waals surface area contributed by atoms with E-state index in [0.29, 0.717) is 12.0 Å². The van der Waals surface area contributed by atoms with Gasteiger partial charge in [0.2, 0.25) is 0 Å². The van der Waals surface area contributed by atoms with Gasteiger partial charge in [0.05, 0.1) is 0 Å². The van der Waals surface area contributed by atoms with E-state index in [1.165, 1.54) is 28.2 Å². The zero-order valence-corrected chi connectivity index (χ0v) is 12.5. The van der Waals surface area contributed by atoms with E-state index < -0.39 is 0 Å². The number of aryl methyl sites for hydroxylation is 1. The van der Waals surface area contributed by atoms with Crippen molar-refractivity contribution in [2.24, 2.45) is 0 Å². The number of rotatable bonds is 5. The standard InChI is InChI=1S/C17H21NS/c1-3-10-18-17(16-9-8-12(2)19-16)15-11-13-6-4-5-7-14(13)15/h4-9,15,17-18H,3,10-11H2,1-2H3.